The Labute approximate surface area is 230 Å². The second-order valence-corrected chi connectivity index (χ2v) is 11.4. The predicted molar refractivity (Wildman–Crippen MR) is 161 cm³/mol. The molecule has 2 nitrogen and oxygen atoms in total. The van der Waals surface area contributed by atoms with E-state index in [0.29, 0.717) is 11.8 Å². The summed E-state index contributed by atoms with van der Waals surface area (Å²) in [5.41, 5.74) is 10.8. The van der Waals surface area contributed by atoms with E-state index in [1.165, 1.54) is 22.3 Å². The van der Waals surface area contributed by atoms with Gasteiger partial charge in [0.25, 0.3) is 0 Å². The van der Waals surface area contributed by atoms with Crippen molar-refractivity contribution in [2.24, 2.45) is 9.98 Å². The lowest BCUT2D eigenvalue weighted by atomic mass is 9.82. The van der Waals surface area contributed by atoms with Crippen molar-refractivity contribution >= 4 is 54.7 Å². The summed E-state index contributed by atoms with van der Waals surface area (Å²) in [5, 5.41) is 0. The Balaban J connectivity index is 1.89. The first-order chi connectivity index (χ1) is 17.4. The zero-order valence-electron chi connectivity index (χ0n) is 20.9. The highest BCUT2D eigenvalue weighted by atomic mass is 79.9. The van der Waals surface area contributed by atoms with Crippen molar-refractivity contribution in [3.63, 3.8) is 0 Å². The number of rotatable bonds is 4. The van der Waals surface area contributed by atoms with Gasteiger partial charge in [-0.3, -0.25) is 0 Å². The maximum absolute atomic E-state index is 5.49. The third kappa shape index (κ3) is 4.53. The topological polar surface area (TPSA) is 24.7 Å². The normalized spacial score (nSPS) is 15.0. The third-order valence-electron chi connectivity index (χ3n) is 6.61. The highest BCUT2D eigenvalue weighted by molar-refractivity contribution is 9.11. The number of nitrogens with zero attached hydrogens (tertiary/aromatic N) is 2. The Morgan fingerprint density at radius 2 is 0.861 bits per heavy atom. The van der Waals surface area contributed by atoms with Crippen LogP contribution >= 0.6 is 31.9 Å². The molecule has 0 atom stereocenters. The fourth-order valence-corrected chi connectivity index (χ4v) is 5.97. The SMILES string of the molecule is CC(C)c1cccc(C(C)C)c1N=C1C(=Nc2c(Br)cccc2Br)c2ccccc2-c2ccccc21. The zero-order valence-corrected chi connectivity index (χ0v) is 24.1. The van der Waals surface area contributed by atoms with Crippen LogP contribution in [0.1, 0.15) is 61.8 Å². The summed E-state index contributed by atoms with van der Waals surface area (Å²) in [6.07, 6.45) is 0. The molecule has 1 aliphatic rings. The average molecular weight is 600 g/mol. The highest BCUT2D eigenvalue weighted by Crippen LogP contribution is 2.41. The van der Waals surface area contributed by atoms with Crippen molar-refractivity contribution in [3.8, 4) is 11.1 Å². The van der Waals surface area contributed by atoms with Gasteiger partial charge in [0.1, 0.15) is 0 Å². The van der Waals surface area contributed by atoms with Crippen molar-refractivity contribution in [3.05, 3.63) is 116 Å². The predicted octanol–water partition coefficient (Wildman–Crippen LogP) is 10.4. The molecule has 0 radical (unpaired) electrons. The molecule has 0 amide bonds. The van der Waals surface area contributed by atoms with Gasteiger partial charge in [-0.05, 0) is 78.1 Å². The van der Waals surface area contributed by atoms with E-state index in [1.54, 1.807) is 0 Å². The molecule has 4 aromatic carbocycles. The van der Waals surface area contributed by atoms with E-state index in [0.717, 1.165) is 42.9 Å². The number of para-hydroxylation sites is 2. The monoisotopic (exact) mass is 598 g/mol. The Bertz CT molecular complexity index is 1470. The van der Waals surface area contributed by atoms with Gasteiger partial charge in [-0.15, -0.1) is 0 Å². The number of hydrogen-bond acceptors (Lipinski definition) is 2. The van der Waals surface area contributed by atoms with Crippen LogP contribution in [0.25, 0.3) is 11.1 Å². The first kappa shape index (κ1) is 24.9. The summed E-state index contributed by atoms with van der Waals surface area (Å²) >= 11 is 7.43. The van der Waals surface area contributed by atoms with Crippen LogP contribution in [0.4, 0.5) is 11.4 Å². The van der Waals surface area contributed by atoms with Crippen molar-refractivity contribution in [2.75, 3.05) is 0 Å². The molecular formula is C32H28Br2N2. The van der Waals surface area contributed by atoms with Crippen molar-refractivity contribution in [1.82, 2.24) is 0 Å². The van der Waals surface area contributed by atoms with Crippen LogP contribution in [0.5, 0.6) is 0 Å². The minimum absolute atomic E-state index is 0.354. The molecule has 0 aliphatic heterocycles. The van der Waals surface area contributed by atoms with Crippen LogP contribution in [0.3, 0.4) is 0 Å². The molecule has 4 heteroatoms. The lowest BCUT2D eigenvalue weighted by Gasteiger charge is -2.25. The van der Waals surface area contributed by atoms with Crippen LogP contribution in [0.2, 0.25) is 0 Å². The number of hydrogen-bond donors (Lipinski definition) is 0. The standard InChI is InChI=1S/C32H28Br2N2/c1-19(2)21-15-9-16-22(20(3)4)29(21)35-30-25-13-7-5-11-23(25)24-12-6-8-14-26(24)31(30)36-32-27(33)17-10-18-28(32)34/h5-20H,1-4H3. The summed E-state index contributed by atoms with van der Waals surface area (Å²) in [5.74, 6) is 0.707. The van der Waals surface area contributed by atoms with Gasteiger partial charge in [0.05, 0.1) is 22.8 Å². The first-order valence-corrected chi connectivity index (χ1v) is 13.9. The van der Waals surface area contributed by atoms with E-state index in [4.69, 9.17) is 9.98 Å². The van der Waals surface area contributed by atoms with E-state index in [2.05, 4.69) is 126 Å². The fourth-order valence-electron chi connectivity index (χ4n) is 4.79. The van der Waals surface area contributed by atoms with Gasteiger partial charge in [-0.2, -0.15) is 0 Å². The van der Waals surface area contributed by atoms with Gasteiger partial charge in [0.2, 0.25) is 0 Å². The molecule has 0 bridgehead atoms. The van der Waals surface area contributed by atoms with Crippen molar-refractivity contribution in [1.29, 1.82) is 0 Å². The molecule has 4 aromatic rings. The smallest absolute Gasteiger partial charge is 0.0979 e. The minimum Gasteiger partial charge on any atom is -0.245 e. The molecular weight excluding hydrogens is 572 g/mol. The Kier molecular flexibility index (Phi) is 7.09. The molecule has 1 aliphatic carbocycles. The van der Waals surface area contributed by atoms with Crippen LogP contribution in [-0.2, 0) is 0 Å². The Morgan fingerprint density at radius 3 is 1.31 bits per heavy atom. The van der Waals surface area contributed by atoms with E-state index in [1.807, 2.05) is 18.2 Å². The van der Waals surface area contributed by atoms with Gasteiger partial charge >= 0.3 is 0 Å². The molecule has 0 aromatic heterocycles. The fraction of sp³-hybridized carbons (Fsp3) is 0.188. The largest absolute Gasteiger partial charge is 0.245 e. The Hall–Kier alpha value is -2.82. The van der Waals surface area contributed by atoms with Gasteiger partial charge in [0, 0.05) is 20.1 Å². The zero-order chi connectivity index (χ0) is 25.4. The van der Waals surface area contributed by atoms with Crippen molar-refractivity contribution in [2.45, 2.75) is 39.5 Å². The first-order valence-electron chi connectivity index (χ1n) is 12.3. The van der Waals surface area contributed by atoms with E-state index < -0.39 is 0 Å². The molecule has 0 spiro atoms. The molecule has 5 rings (SSSR count). The molecule has 0 N–H and O–H groups in total. The van der Waals surface area contributed by atoms with Crippen LogP contribution < -0.4 is 0 Å². The second-order valence-electron chi connectivity index (χ2n) is 9.68. The summed E-state index contributed by atoms with van der Waals surface area (Å²) < 4.78 is 1.87. The lowest BCUT2D eigenvalue weighted by Crippen LogP contribution is -2.23. The van der Waals surface area contributed by atoms with Crippen LogP contribution in [-0.4, -0.2) is 11.4 Å². The highest BCUT2D eigenvalue weighted by Gasteiger charge is 2.28. The molecule has 0 saturated carbocycles. The van der Waals surface area contributed by atoms with Gasteiger partial charge < -0.3 is 0 Å². The molecule has 0 saturated heterocycles. The second kappa shape index (κ2) is 10.3. The number of halogens is 2. The molecule has 0 unspecified atom stereocenters. The lowest BCUT2D eigenvalue weighted by molar-refractivity contribution is 0.835. The number of aliphatic imine (C=N–C) groups is 2. The summed E-state index contributed by atoms with van der Waals surface area (Å²) in [7, 11) is 0. The third-order valence-corrected chi connectivity index (χ3v) is 7.89. The quantitative estimate of drug-likeness (QED) is 0.223. The van der Waals surface area contributed by atoms with Gasteiger partial charge in [0.15, 0.2) is 0 Å². The summed E-state index contributed by atoms with van der Waals surface area (Å²) in [6.45, 7) is 8.95. The maximum Gasteiger partial charge on any atom is 0.0979 e. The summed E-state index contributed by atoms with van der Waals surface area (Å²) in [4.78, 5) is 10.8. The van der Waals surface area contributed by atoms with E-state index >= 15 is 0 Å². The number of benzene rings is 4. The van der Waals surface area contributed by atoms with Gasteiger partial charge in [-0.1, -0.05) is 100 Å². The minimum atomic E-state index is 0.354. The van der Waals surface area contributed by atoms with Crippen LogP contribution in [0, 0.1) is 0 Å². The van der Waals surface area contributed by atoms with E-state index in [9.17, 15) is 0 Å². The molecule has 36 heavy (non-hydrogen) atoms. The van der Waals surface area contributed by atoms with Gasteiger partial charge in [-0.25, -0.2) is 9.98 Å². The molecule has 0 heterocycles. The molecule has 0 fully saturated rings. The van der Waals surface area contributed by atoms with Crippen molar-refractivity contribution < 1.29 is 0 Å². The Morgan fingerprint density at radius 1 is 0.472 bits per heavy atom. The average Bonchev–Trinajstić information content (AvgIpc) is 2.87. The van der Waals surface area contributed by atoms with Crippen LogP contribution in [0.15, 0.2) is 104 Å². The number of fused-ring (bicyclic) bond motifs is 3. The summed E-state index contributed by atoms with van der Waals surface area (Å²) in [6, 6.07) is 29.7. The maximum atomic E-state index is 5.49. The van der Waals surface area contributed by atoms with E-state index in [-0.39, 0.29) is 0 Å². The molecule has 180 valence electrons.